The van der Waals surface area contributed by atoms with Crippen LogP contribution in [0.2, 0.25) is 0 Å². The third-order valence-electron chi connectivity index (χ3n) is 9.29. The van der Waals surface area contributed by atoms with Crippen LogP contribution in [0.4, 0.5) is 11.4 Å². The molecular weight excluding hydrogens is 613 g/mol. The van der Waals surface area contributed by atoms with Crippen molar-refractivity contribution in [3.05, 3.63) is 124 Å². The van der Waals surface area contributed by atoms with Gasteiger partial charge in [-0.3, -0.25) is 20.0 Å². The lowest BCUT2D eigenvalue weighted by molar-refractivity contribution is 0.477. The molecule has 258 valence electrons. The monoisotopic (exact) mass is 664 g/mol. The molecule has 5 rings (SSSR count). The van der Waals surface area contributed by atoms with Crippen molar-refractivity contribution in [1.82, 2.24) is 9.97 Å². The molecule has 0 aliphatic carbocycles. The van der Waals surface area contributed by atoms with Crippen molar-refractivity contribution in [2.45, 2.75) is 98.8 Å². The summed E-state index contributed by atoms with van der Waals surface area (Å²) < 4.78 is 0. The molecule has 0 atom stereocenters. The van der Waals surface area contributed by atoms with Crippen molar-refractivity contribution in [3.8, 4) is 28.0 Å². The van der Waals surface area contributed by atoms with Gasteiger partial charge in [-0.25, -0.2) is 0 Å². The van der Waals surface area contributed by atoms with E-state index in [2.05, 4.69) is 96.5 Å². The van der Waals surface area contributed by atoms with Gasteiger partial charge < -0.3 is 5.11 Å². The standard InChI is InChI=1S/C45H52N4O/c1-28(2)37-24-33(25-38(29(3)4)44(37)48-22-18-35-14-10-12-20-46-35)42-32(9)16-17-41(50)43(42)34-26-39(30(5)6)45(40(27-34)31(7)8)49-23-19-36-15-11-13-21-47-36/h10-17,20-31,50H,18-19H2,1-9H3. The largest absolute Gasteiger partial charge is 0.507 e. The van der Waals surface area contributed by atoms with E-state index in [1.807, 2.05) is 73.4 Å². The first-order valence-corrected chi connectivity index (χ1v) is 18.0. The van der Waals surface area contributed by atoms with Crippen LogP contribution in [0.5, 0.6) is 5.75 Å². The molecule has 2 aromatic heterocycles. The zero-order chi connectivity index (χ0) is 35.9. The molecule has 5 heteroatoms. The molecule has 0 fully saturated rings. The average molecular weight is 665 g/mol. The Bertz CT molecular complexity index is 1770. The molecule has 0 spiro atoms. The number of hydrogen-bond donors (Lipinski definition) is 1. The second kappa shape index (κ2) is 16.2. The minimum atomic E-state index is 0.230. The van der Waals surface area contributed by atoms with Crippen molar-refractivity contribution >= 4 is 23.8 Å². The number of aliphatic imine (C=N–C) groups is 2. The molecule has 50 heavy (non-hydrogen) atoms. The van der Waals surface area contributed by atoms with Crippen LogP contribution >= 0.6 is 0 Å². The third kappa shape index (κ3) is 8.27. The summed E-state index contributed by atoms with van der Waals surface area (Å²) in [6.45, 7) is 19.9. The predicted octanol–water partition coefficient (Wildman–Crippen LogP) is 12.2. The van der Waals surface area contributed by atoms with Crippen LogP contribution in [0.1, 0.15) is 118 Å². The zero-order valence-corrected chi connectivity index (χ0v) is 31.2. The molecule has 0 bridgehead atoms. The van der Waals surface area contributed by atoms with Crippen LogP contribution in [0.25, 0.3) is 22.3 Å². The Morgan fingerprint density at radius 2 is 0.960 bits per heavy atom. The Kier molecular flexibility index (Phi) is 11.8. The van der Waals surface area contributed by atoms with Crippen LogP contribution in [-0.2, 0) is 12.8 Å². The third-order valence-corrected chi connectivity index (χ3v) is 9.29. The number of hydrogen-bond acceptors (Lipinski definition) is 5. The Morgan fingerprint density at radius 1 is 0.560 bits per heavy atom. The second-order valence-electron chi connectivity index (χ2n) is 14.5. The van der Waals surface area contributed by atoms with E-state index in [4.69, 9.17) is 9.98 Å². The molecule has 0 aliphatic rings. The summed E-state index contributed by atoms with van der Waals surface area (Å²) in [7, 11) is 0. The van der Waals surface area contributed by atoms with E-state index in [0.717, 1.165) is 50.6 Å². The maximum Gasteiger partial charge on any atom is 0.124 e. The van der Waals surface area contributed by atoms with Gasteiger partial charge in [-0.2, -0.15) is 0 Å². The van der Waals surface area contributed by atoms with Crippen LogP contribution < -0.4 is 0 Å². The number of aromatic nitrogens is 2. The van der Waals surface area contributed by atoms with Crippen LogP contribution in [-0.4, -0.2) is 27.5 Å². The first-order valence-electron chi connectivity index (χ1n) is 18.0. The highest BCUT2D eigenvalue weighted by molar-refractivity contribution is 5.92. The topological polar surface area (TPSA) is 70.7 Å². The van der Waals surface area contributed by atoms with Crippen molar-refractivity contribution < 1.29 is 5.11 Å². The number of aryl methyl sites for hydroxylation is 1. The molecule has 0 radical (unpaired) electrons. The summed E-state index contributed by atoms with van der Waals surface area (Å²) >= 11 is 0. The fraction of sp³-hybridized carbons (Fsp3) is 0.333. The predicted molar refractivity (Wildman–Crippen MR) is 212 cm³/mol. The average Bonchev–Trinajstić information content (AvgIpc) is 3.09. The molecular formula is C45H52N4O. The number of phenols is 1. The molecule has 2 heterocycles. The van der Waals surface area contributed by atoms with Gasteiger partial charge in [0.05, 0.1) is 11.4 Å². The van der Waals surface area contributed by atoms with Crippen molar-refractivity contribution in [2.75, 3.05) is 0 Å². The first-order chi connectivity index (χ1) is 24.0. The SMILES string of the molecule is Cc1ccc(O)c(-c2cc(C(C)C)c(N=CCc3ccccn3)c(C(C)C)c2)c1-c1cc(C(C)C)c(N=CCc2ccccn2)c(C(C)C)c1. The molecule has 5 aromatic rings. The highest BCUT2D eigenvalue weighted by Crippen LogP contribution is 2.47. The molecule has 0 unspecified atom stereocenters. The molecule has 0 aliphatic heterocycles. The van der Waals surface area contributed by atoms with Crippen LogP contribution in [0, 0.1) is 6.92 Å². The fourth-order valence-corrected chi connectivity index (χ4v) is 6.57. The Morgan fingerprint density at radius 3 is 1.32 bits per heavy atom. The molecule has 3 aromatic carbocycles. The van der Waals surface area contributed by atoms with E-state index in [1.54, 1.807) is 0 Å². The van der Waals surface area contributed by atoms with E-state index in [1.165, 1.54) is 22.3 Å². The summed E-state index contributed by atoms with van der Waals surface area (Å²) in [4.78, 5) is 19.1. The number of rotatable bonds is 12. The smallest absolute Gasteiger partial charge is 0.124 e. The molecule has 0 amide bonds. The lowest BCUT2D eigenvalue weighted by Gasteiger charge is -2.23. The quantitative estimate of drug-likeness (QED) is 0.135. The van der Waals surface area contributed by atoms with Crippen LogP contribution in [0.3, 0.4) is 0 Å². The maximum atomic E-state index is 11.7. The number of pyridine rings is 2. The molecule has 1 N–H and O–H groups in total. The number of aromatic hydroxyl groups is 1. The summed E-state index contributed by atoms with van der Waals surface area (Å²) in [6, 6.07) is 24.9. The zero-order valence-electron chi connectivity index (χ0n) is 31.2. The lowest BCUT2D eigenvalue weighted by atomic mass is 9.82. The van der Waals surface area contributed by atoms with Gasteiger partial charge in [0.25, 0.3) is 0 Å². The van der Waals surface area contributed by atoms with E-state index in [9.17, 15) is 5.11 Å². The summed E-state index contributed by atoms with van der Waals surface area (Å²) in [5, 5.41) is 11.7. The van der Waals surface area contributed by atoms with Gasteiger partial charge in [0.15, 0.2) is 0 Å². The van der Waals surface area contributed by atoms with Gasteiger partial charge in [0.2, 0.25) is 0 Å². The van der Waals surface area contributed by atoms with Crippen molar-refractivity contribution in [3.63, 3.8) is 0 Å². The van der Waals surface area contributed by atoms with Crippen molar-refractivity contribution in [2.24, 2.45) is 9.98 Å². The normalized spacial score (nSPS) is 12.1. The van der Waals surface area contributed by atoms with Gasteiger partial charge in [-0.05, 0) is 130 Å². The molecule has 0 saturated heterocycles. The molecule has 5 nitrogen and oxygen atoms in total. The number of benzene rings is 3. The van der Waals surface area contributed by atoms with Gasteiger partial charge >= 0.3 is 0 Å². The van der Waals surface area contributed by atoms with Gasteiger partial charge in [0.1, 0.15) is 5.75 Å². The summed E-state index contributed by atoms with van der Waals surface area (Å²) in [5.74, 6) is 1.23. The van der Waals surface area contributed by atoms with E-state index in [-0.39, 0.29) is 29.4 Å². The first kappa shape index (κ1) is 36.4. The highest BCUT2D eigenvalue weighted by Gasteiger charge is 2.23. The van der Waals surface area contributed by atoms with Gasteiger partial charge in [-0.1, -0.05) is 73.6 Å². The van der Waals surface area contributed by atoms with Gasteiger partial charge in [-0.15, -0.1) is 0 Å². The summed E-state index contributed by atoms with van der Waals surface area (Å²) in [5.41, 5.74) is 13.9. The van der Waals surface area contributed by atoms with Crippen molar-refractivity contribution in [1.29, 1.82) is 0 Å². The maximum absolute atomic E-state index is 11.7. The second-order valence-corrected chi connectivity index (χ2v) is 14.5. The molecule has 0 saturated carbocycles. The lowest BCUT2D eigenvalue weighted by Crippen LogP contribution is -2.01. The number of phenolic OH excluding ortho intramolecular Hbond substituents is 1. The van der Waals surface area contributed by atoms with E-state index in [0.29, 0.717) is 12.8 Å². The fourth-order valence-electron chi connectivity index (χ4n) is 6.57. The van der Waals surface area contributed by atoms with E-state index < -0.39 is 0 Å². The van der Waals surface area contributed by atoms with Crippen LogP contribution in [0.15, 0.2) is 95.2 Å². The minimum absolute atomic E-state index is 0.230. The van der Waals surface area contributed by atoms with Gasteiger partial charge in [0, 0.05) is 54.6 Å². The van der Waals surface area contributed by atoms with E-state index >= 15 is 0 Å². The Balaban J connectivity index is 1.68. The minimum Gasteiger partial charge on any atom is -0.507 e. The highest BCUT2D eigenvalue weighted by atomic mass is 16.3. The number of nitrogens with zero attached hydrogens (tertiary/aromatic N) is 4. The Hall–Kier alpha value is -4.90. The Labute approximate surface area is 299 Å². The summed E-state index contributed by atoms with van der Waals surface area (Å²) in [6.07, 6.45) is 8.95.